The average molecular weight is 338 g/mol. The van der Waals surface area contributed by atoms with E-state index in [1.807, 2.05) is 0 Å². The van der Waals surface area contributed by atoms with Crippen LogP contribution in [0, 0.1) is 5.92 Å². The van der Waals surface area contributed by atoms with Crippen molar-refractivity contribution < 1.29 is 4.79 Å². The van der Waals surface area contributed by atoms with E-state index >= 15 is 0 Å². The van der Waals surface area contributed by atoms with E-state index in [4.69, 9.17) is 0 Å². The second-order valence-corrected chi connectivity index (χ2v) is 7.06. The molecule has 128 valence electrons. The normalized spacial score (nSPS) is 15.0. The largest absolute Gasteiger partial charge is 0.350 e. The van der Waals surface area contributed by atoms with Crippen molar-refractivity contribution in [3.8, 4) is 0 Å². The van der Waals surface area contributed by atoms with E-state index in [1.54, 1.807) is 16.3 Å². The molecule has 0 aliphatic carbocycles. The van der Waals surface area contributed by atoms with Crippen molar-refractivity contribution in [2.45, 2.75) is 45.4 Å². The second kappa shape index (κ2) is 7.97. The van der Waals surface area contributed by atoms with E-state index in [1.165, 1.54) is 6.20 Å². The Kier molecular flexibility index (Phi) is 6.24. The van der Waals surface area contributed by atoms with E-state index in [-0.39, 0.29) is 23.1 Å². The third kappa shape index (κ3) is 3.95. The van der Waals surface area contributed by atoms with E-state index in [2.05, 4.69) is 42.9 Å². The number of aromatic nitrogens is 2. The predicted octanol–water partition coefficient (Wildman–Crippen LogP) is 1.45. The number of hydrogen-bond acceptors (Lipinski definition) is 5. The molecule has 1 atom stereocenters. The van der Waals surface area contributed by atoms with Crippen LogP contribution in [0.5, 0.6) is 0 Å². The minimum Gasteiger partial charge on any atom is -0.350 e. The summed E-state index contributed by atoms with van der Waals surface area (Å²) in [4.78, 5) is 31.3. The Morgan fingerprint density at radius 2 is 2.13 bits per heavy atom. The van der Waals surface area contributed by atoms with Gasteiger partial charge in [-0.3, -0.25) is 19.1 Å². The molecule has 0 saturated heterocycles. The van der Waals surface area contributed by atoms with Crippen molar-refractivity contribution in [1.82, 2.24) is 19.8 Å². The molecule has 0 radical (unpaired) electrons. The van der Waals surface area contributed by atoms with Gasteiger partial charge in [0, 0.05) is 31.1 Å². The lowest BCUT2D eigenvalue weighted by Gasteiger charge is -2.32. The summed E-state index contributed by atoms with van der Waals surface area (Å²) in [7, 11) is 0. The van der Waals surface area contributed by atoms with Crippen LogP contribution in [0.15, 0.2) is 16.1 Å². The van der Waals surface area contributed by atoms with Crippen molar-refractivity contribution in [1.29, 1.82) is 0 Å². The summed E-state index contributed by atoms with van der Waals surface area (Å²) in [6, 6.07) is 0.259. The number of carbonyl (C=O) groups excluding carboxylic acids is 1. The van der Waals surface area contributed by atoms with Gasteiger partial charge >= 0.3 is 0 Å². The van der Waals surface area contributed by atoms with Crippen molar-refractivity contribution in [3.05, 3.63) is 22.1 Å². The summed E-state index contributed by atoms with van der Waals surface area (Å²) in [5.74, 6) is 0.934. The second-order valence-electron chi connectivity index (χ2n) is 6.00. The lowest BCUT2D eigenvalue weighted by atomic mass is 10.0. The third-order valence-corrected chi connectivity index (χ3v) is 5.29. The molecule has 2 heterocycles. The molecular formula is C16H26N4O2S. The zero-order valence-corrected chi connectivity index (χ0v) is 15.2. The average Bonchev–Trinajstić information content (AvgIpc) is 3.00. The zero-order chi connectivity index (χ0) is 17.0. The van der Waals surface area contributed by atoms with Crippen LogP contribution < -0.4 is 10.9 Å². The van der Waals surface area contributed by atoms with Crippen LogP contribution in [0.1, 0.15) is 38.1 Å². The highest BCUT2D eigenvalue weighted by Crippen LogP contribution is 2.20. The molecule has 1 aromatic heterocycles. The number of thioether (sulfide) groups is 1. The number of carbonyl (C=O) groups is 1. The number of fused-ring (bicyclic) bond motifs is 1. The molecule has 1 amide bonds. The molecule has 2 rings (SSSR count). The number of amides is 1. The van der Waals surface area contributed by atoms with E-state index < -0.39 is 0 Å². The van der Waals surface area contributed by atoms with Crippen molar-refractivity contribution in [3.63, 3.8) is 0 Å². The first-order valence-corrected chi connectivity index (χ1v) is 9.23. The molecule has 1 aliphatic heterocycles. The molecule has 0 aromatic carbocycles. The SMILES string of the molecule is CCN(CC)[C@@H](CNC(=O)c1cnc2n(c1=O)CCS2)C(C)C. The van der Waals surface area contributed by atoms with Crippen LogP contribution in [-0.2, 0) is 6.54 Å². The maximum absolute atomic E-state index is 12.4. The van der Waals surface area contributed by atoms with Crippen LogP contribution >= 0.6 is 11.8 Å². The van der Waals surface area contributed by atoms with Crippen LogP contribution in [0.2, 0.25) is 0 Å². The first-order chi connectivity index (χ1) is 11.0. The number of nitrogens with one attached hydrogen (secondary N) is 1. The van der Waals surface area contributed by atoms with Crippen molar-refractivity contribution in [2.24, 2.45) is 5.92 Å². The van der Waals surface area contributed by atoms with Crippen LogP contribution in [0.4, 0.5) is 0 Å². The summed E-state index contributed by atoms with van der Waals surface area (Å²) in [6.45, 7) is 11.6. The maximum atomic E-state index is 12.4. The van der Waals surface area contributed by atoms with Gasteiger partial charge in [-0.05, 0) is 19.0 Å². The van der Waals surface area contributed by atoms with Crippen molar-refractivity contribution in [2.75, 3.05) is 25.4 Å². The Labute approximate surface area is 141 Å². The number of nitrogens with zero attached hydrogens (tertiary/aromatic N) is 3. The van der Waals surface area contributed by atoms with E-state index in [9.17, 15) is 9.59 Å². The van der Waals surface area contributed by atoms with Gasteiger partial charge in [0.25, 0.3) is 11.5 Å². The molecule has 0 unspecified atom stereocenters. The Balaban J connectivity index is 2.09. The Morgan fingerprint density at radius 1 is 1.43 bits per heavy atom. The number of likely N-dealkylation sites (N-methyl/N-ethyl adjacent to an activating group) is 1. The minimum atomic E-state index is -0.326. The summed E-state index contributed by atoms with van der Waals surface area (Å²) in [6.07, 6.45) is 1.41. The molecule has 0 saturated carbocycles. The quantitative estimate of drug-likeness (QED) is 0.762. The highest BCUT2D eigenvalue weighted by atomic mass is 32.2. The molecule has 1 aromatic rings. The van der Waals surface area contributed by atoms with E-state index in [0.29, 0.717) is 24.2 Å². The summed E-state index contributed by atoms with van der Waals surface area (Å²) >= 11 is 1.55. The fourth-order valence-electron chi connectivity index (χ4n) is 2.94. The number of hydrogen-bond donors (Lipinski definition) is 1. The summed E-state index contributed by atoms with van der Waals surface area (Å²) < 4.78 is 1.59. The maximum Gasteiger partial charge on any atom is 0.267 e. The first kappa shape index (κ1) is 18.0. The van der Waals surface area contributed by atoms with Crippen LogP contribution in [-0.4, -0.2) is 51.8 Å². The molecule has 6 nitrogen and oxygen atoms in total. The smallest absolute Gasteiger partial charge is 0.267 e. The minimum absolute atomic E-state index is 0.137. The van der Waals surface area contributed by atoms with Gasteiger partial charge in [-0.25, -0.2) is 4.98 Å². The standard InChI is InChI=1S/C16H26N4O2S/c1-5-19(6-2)13(11(3)4)10-17-14(21)12-9-18-16-20(15(12)22)7-8-23-16/h9,11,13H,5-8,10H2,1-4H3,(H,17,21)/t13-/m0/s1. The molecule has 23 heavy (non-hydrogen) atoms. The van der Waals surface area contributed by atoms with Gasteiger partial charge in [0.2, 0.25) is 0 Å². The Morgan fingerprint density at radius 3 is 2.74 bits per heavy atom. The molecule has 7 heteroatoms. The van der Waals surface area contributed by atoms with Crippen molar-refractivity contribution >= 4 is 17.7 Å². The summed E-state index contributed by atoms with van der Waals surface area (Å²) in [5, 5.41) is 3.62. The fourth-order valence-corrected chi connectivity index (χ4v) is 3.86. The van der Waals surface area contributed by atoms with Gasteiger partial charge in [0.05, 0.1) is 0 Å². The molecule has 1 aliphatic rings. The highest BCUT2D eigenvalue weighted by molar-refractivity contribution is 7.99. The fraction of sp³-hybridized carbons (Fsp3) is 0.688. The molecular weight excluding hydrogens is 312 g/mol. The number of rotatable bonds is 7. The van der Waals surface area contributed by atoms with Gasteiger partial charge in [0.1, 0.15) is 5.56 Å². The summed E-state index contributed by atoms with van der Waals surface area (Å²) in [5.41, 5.74) is -0.0975. The highest BCUT2D eigenvalue weighted by Gasteiger charge is 2.23. The van der Waals surface area contributed by atoms with Gasteiger partial charge in [-0.1, -0.05) is 39.5 Å². The lowest BCUT2D eigenvalue weighted by Crippen LogP contribution is -2.47. The molecule has 0 bridgehead atoms. The van der Waals surface area contributed by atoms with E-state index in [0.717, 1.165) is 18.8 Å². The van der Waals surface area contributed by atoms with Gasteiger partial charge < -0.3 is 5.32 Å². The van der Waals surface area contributed by atoms with Crippen LogP contribution in [0.25, 0.3) is 0 Å². The van der Waals surface area contributed by atoms with Gasteiger partial charge in [0.15, 0.2) is 5.16 Å². The van der Waals surface area contributed by atoms with Gasteiger partial charge in [-0.2, -0.15) is 0 Å². The van der Waals surface area contributed by atoms with Crippen LogP contribution in [0.3, 0.4) is 0 Å². The molecule has 0 fully saturated rings. The first-order valence-electron chi connectivity index (χ1n) is 8.24. The third-order valence-electron chi connectivity index (χ3n) is 4.32. The topological polar surface area (TPSA) is 67.2 Å². The Hall–Kier alpha value is -1.34. The van der Waals surface area contributed by atoms with Gasteiger partial charge in [-0.15, -0.1) is 0 Å². The predicted molar refractivity (Wildman–Crippen MR) is 93.1 cm³/mol. The molecule has 1 N–H and O–H groups in total. The Bertz CT molecular complexity index is 611. The zero-order valence-electron chi connectivity index (χ0n) is 14.3. The monoisotopic (exact) mass is 338 g/mol. The lowest BCUT2D eigenvalue weighted by molar-refractivity contribution is 0.0918. The molecule has 0 spiro atoms.